The molecule has 0 aliphatic heterocycles. The Morgan fingerprint density at radius 1 is 1.53 bits per heavy atom. The Kier molecular flexibility index (Phi) is 2.44. The van der Waals surface area contributed by atoms with E-state index in [1.807, 2.05) is 0 Å². The van der Waals surface area contributed by atoms with Crippen molar-refractivity contribution in [2.45, 2.75) is 0 Å². The number of carbonyl (C=O) groups is 1. The molecule has 0 aromatic carbocycles. The lowest BCUT2D eigenvalue weighted by Gasteiger charge is -2.03. The van der Waals surface area contributed by atoms with Gasteiger partial charge in [-0.3, -0.25) is 4.79 Å². The Balaban J connectivity index is 2.20. The minimum Gasteiger partial charge on any atom is -0.468 e. The SMILES string of the molecule is COC(=O)CNc1ncnc2nc[nH]c12. The van der Waals surface area contributed by atoms with Crippen LogP contribution in [0.2, 0.25) is 0 Å². The molecule has 0 atom stereocenters. The number of ether oxygens (including phenoxy) is 1. The smallest absolute Gasteiger partial charge is 0.325 e. The van der Waals surface area contributed by atoms with E-state index < -0.39 is 0 Å². The molecule has 78 valence electrons. The lowest BCUT2D eigenvalue weighted by Crippen LogP contribution is -2.15. The van der Waals surface area contributed by atoms with E-state index in [4.69, 9.17) is 0 Å². The molecule has 2 aromatic rings. The molecule has 0 saturated carbocycles. The van der Waals surface area contributed by atoms with Crippen molar-refractivity contribution in [3.63, 3.8) is 0 Å². The first-order valence-electron chi connectivity index (χ1n) is 4.26. The zero-order valence-corrected chi connectivity index (χ0v) is 8.02. The summed E-state index contributed by atoms with van der Waals surface area (Å²) >= 11 is 0. The van der Waals surface area contributed by atoms with Crippen molar-refractivity contribution in [3.05, 3.63) is 12.7 Å². The molecule has 15 heavy (non-hydrogen) atoms. The number of imidazole rings is 1. The number of aromatic amines is 1. The Morgan fingerprint density at radius 2 is 2.40 bits per heavy atom. The third-order valence-electron chi connectivity index (χ3n) is 1.85. The molecule has 0 unspecified atom stereocenters. The summed E-state index contributed by atoms with van der Waals surface area (Å²) < 4.78 is 4.49. The number of aromatic nitrogens is 4. The van der Waals surface area contributed by atoms with Crippen LogP contribution in [-0.2, 0) is 9.53 Å². The highest BCUT2D eigenvalue weighted by atomic mass is 16.5. The first-order valence-corrected chi connectivity index (χ1v) is 4.26. The van der Waals surface area contributed by atoms with Gasteiger partial charge in [-0.15, -0.1) is 0 Å². The summed E-state index contributed by atoms with van der Waals surface area (Å²) in [5.74, 6) is 0.171. The van der Waals surface area contributed by atoms with Crippen LogP contribution in [0.1, 0.15) is 0 Å². The molecule has 2 aromatic heterocycles. The molecule has 2 N–H and O–H groups in total. The number of H-pyrrole nitrogens is 1. The van der Waals surface area contributed by atoms with Gasteiger partial charge in [0.2, 0.25) is 0 Å². The largest absolute Gasteiger partial charge is 0.468 e. The number of hydrogen-bond donors (Lipinski definition) is 2. The van der Waals surface area contributed by atoms with Gasteiger partial charge in [0, 0.05) is 0 Å². The van der Waals surface area contributed by atoms with E-state index in [2.05, 4.69) is 30.0 Å². The van der Waals surface area contributed by atoms with Crippen molar-refractivity contribution in [1.82, 2.24) is 19.9 Å². The van der Waals surface area contributed by atoms with Crippen molar-refractivity contribution < 1.29 is 9.53 Å². The highest BCUT2D eigenvalue weighted by Gasteiger charge is 2.06. The number of esters is 1. The molecule has 0 fully saturated rings. The maximum absolute atomic E-state index is 10.9. The summed E-state index contributed by atoms with van der Waals surface area (Å²) in [6, 6.07) is 0. The van der Waals surface area contributed by atoms with Crippen LogP contribution < -0.4 is 5.32 Å². The zero-order chi connectivity index (χ0) is 10.7. The van der Waals surface area contributed by atoms with Crippen LogP contribution in [0, 0.1) is 0 Å². The predicted octanol–water partition coefficient (Wildman–Crippen LogP) is -0.0622. The molecule has 0 saturated heterocycles. The maximum Gasteiger partial charge on any atom is 0.325 e. The van der Waals surface area contributed by atoms with Crippen LogP contribution in [0.15, 0.2) is 12.7 Å². The van der Waals surface area contributed by atoms with Gasteiger partial charge in [-0.1, -0.05) is 0 Å². The summed E-state index contributed by atoms with van der Waals surface area (Å²) in [4.78, 5) is 25.7. The number of fused-ring (bicyclic) bond motifs is 1. The standard InChI is InChI=1S/C8H9N5O2/c1-15-5(14)2-9-7-6-8(11-3-10-6)13-4-12-7/h3-4H,2H2,1H3,(H2,9,10,11,12,13). The van der Waals surface area contributed by atoms with Crippen LogP contribution in [-0.4, -0.2) is 39.6 Å². The normalized spacial score (nSPS) is 10.2. The fourth-order valence-electron chi connectivity index (χ4n) is 1.13. The van der Waals surface area contributed by atoms with Gasteiger partial charge in [0.15, 0.2) is 11.5 Å². The van der Waals surface area contributed by atoms with Gasteiger partial charge in [-0.2, -0.15) is 0 Å². The van der Waals surface area contributed by atoms with Gasteiger partial charge in [0.25, 0.3) is 0 Å². The lowest BCUT2D eigenvalue weighted by atomic mass is 10.5. The van der Waals surface area contributed by atoms with Crippen molar-refractivity contribution in [3.8, 4) is 0 Å². The van der Waals surface area contributed by atoms with Crippen LogP contribution in [0.3, 0.4) is 0 Å². The molecule has 0 amide bonds. The Bertz CT molecular complexity index is 481. The van der Waals surface area contributed by atoms with Crippen molar-refractivity contribution in [1.29, 1.82) is 0 Å². The van der Waals surface area contributed by atoms with E-state index in [9.17, 15) is 4.79 Å². The molecular weight excluding hydrogens is 198 g/mol. The van der Waals surface area contributed by atoms with Gasteiger partial charge in [-0.25, -0.2) is 15.0 Å². The highest BCUT2D eigenvalue weighted by Crippen LogP contribution is 2.13. The molecule has 0 aliphatic rings. The number of nitrogens with one attached hydrogen (secondary N) is 2. The Morgan fingerprint density at radius 3 is 3.20 bits per heavy atom. The quantitative estimate of drug-likeness (QED) is 0.685. The molecule has 0 aliphatic carbocycles. The second kappa shape index (κ2) is 3.91. The highest BCUT2D eigenvalue weighted by molar-refractivity contribution is 5.84. The number of hydrogen-bond acceptors (Lipinski definition) is 6. The number of methoxy groups -OCH3 is 1. The first-order chi connectivity index (χ1) is 7.31. The van der Waals surface area contributed by atoms with Crippen molar-refractivity contribution >= 4 is 23.0 Å². The molecule has 7 heteroatoms. The number of anilines is 1. The molecule has 0 spiro atoms. The fraction of sp³-hybridized carbons (Fsp3) is 0.250. The predicted molar refractivity (Wildman–Crippen MR) is 52.2 cm³/mol. The van der Waals surface area contributed by atoms with Crippen LogP contribution in [0.25, 0.3) is 11.2 Å². The maximum atomic E-state index is 10.9. The Labute approximate surface area is 84.9 Å². The van der Waals surface area contributed by atoms with Crippen molar-refractivity contribution in [2.75, 3.05) is 19.0 Å². The van der Waals surface area contributed by atoms with Crippen molar-refractivity contribution in [2.24, 2.45) is 0 Å². The van der Waals surface area contributed by atoms with Gasteiger partial charge in [-0.05, 0) is 0 Å². The molecule has 2 rings (SSSR count). The van der Waals surface area contributed by atoms with E-state index in [1.54, 1.807) is 0 Å². The van der Waals surface area contributed by atoms with Crippen LogP contribution >= 0.6 is 0 Å². The van der Waals surface area contributed by atoms with Gasteiger partial charge in [0.05, 0.1) is 13.4 Å². The second-order valence-corrected chi connectivity index (χ2v) is 2.75. The number of nitrogens with zero attached hydrogens (tertiary/aromatic N) is 3. The summed E-state index contributed by atoms with van der Waals surface area (Å²) in [5, 5.41) is 2.83. The van der Waals surface area contributed by atoms with Crippen LogP contribution in [0.4, 0.5) is 5.82 Å². The van der Waals surface area contributed by atoms with E-state index >= 15 is 0 Å². The average molecular weight is 207 g/mol. The van der Waals surface area contributed by atoms with Gasteiger partial charge in [0.1, 0.15) is 18.4 Å². The summed E-state index contributed by atoms with van der Waals surface area (Å²) in [6.45, 7) is 0.0572. The fourth-order valence-corrected chi connectivity index (χ4v) is 1.13. The monoisotopic (exact) mass is 207 g/mol. The molecule has 2 heterocycles. The topological polar surface area (TPSA) is 92.8 Å². The number of rotatable bonds is 3. The van der Waals surface area contributed by atoms with E-state index in [0.29, 0.717) is 17.0 Å². The lowest BCUT2D eigenvalue weighted by molar-refractivity contribution is -0.138. The summed E-state index contributed by atoms with van der Waals surface area (Å²) in [6.07, 6.45) is 2.89. The van der Waals surface area contributed by atoms with Gasteiger partial charge < -0.3 is 15.0 Å². The third kappa shape index (κ3) is 1.85. The summed E-state index contributed by atoms with van der Waals surface area (Å²) in [7, 11) is 1.33. The van der Waals surface area contributed by atoms with E-state index in [0.717, 1.165) is 0 Å². The van der Waals surface area contributed by atoms with E-state index in [1.165, 1.54) is 19.8 Å². The number of carbonyl (C=O) groups excluding carboxylic acids is 1. The minimum absolute atomic E-state index is 0.0572. The molecule has 0 radical (unpaired) electrons. The zero-order valence-electron chi connectivity index (χ0n) is 8.02. The second-order valence-electron chi connectivity index (χ2n) is 2.75. The van der Waals surface area contributed by atoms with Crippen LogP contribution in [0.5, 0.6) is 0 Å². The van der Waals surface area contributed by atoms with Gasteiger partial charge >= 0.3 is 5.97 Å². The van der Waals surface area contributed by atoms with E-state index in [-0.39, 0.29) is 12.5 Å². The molecular formula is C8H9N5O2. The third-order valence-corrected chi connectivity index (χ3v) is 1.85. The first kappa shape index (κ1) is 9.38. The summed E-state index contributed by atoms with van der Waals surface area (Å²) in [5.41, 5.74) is 1.22. The minimum atomic E-state index is -0.360. The molecule has 0 bridgehead atoms. The average Bonchev–Trinajstić information content (AvgIpc) is 2.74. The molecule has 7 nitrogen and oxygen atoms in total. The Hall–Kier alpha value is -2.18.